The van der Waals surface area contributed by atoms with Gasteiger partial charge in [0, 0.05) is 23.9 Å². The molecule has 1 saturated heterocycles. The van der Waals surface area contributed by atoms with Crippen molar-refractivity contribution < 1.29 is 27.4 Å². The molecule has 1 fully saturated rings. The third kappa shape index (κ3) is 3.50. The summed E-state index contributed by atoms with van der Waals surface area (Å²) in [5, 5.41) is 0.657. The van der Waals surface area contributed by atoms with Crippen molar-refractivity contribution in [2.45, 2.75) is 18.6 Å². The van der Waals surface area contributed by atoms with E-state index in [1.54, 1.807) is 11.0 Å². The van der Waals surface area contributed by atoms with E-state index in [2.05, 4.69) is 9.97 Å². The average Bonchev–Trinajstić information content (AvgIpc) is 3.29. The van der Waals surface area contributed by atoms with Gasteiger partial charge in [0.2, 0.25) is 0 Å². The molecule has 166 valence electrons. The second-order valence-electron chi connectivity index (χ2n) is 7.70. The molecule has 1 atom stereocenters. The van der Waals surface area contributed by atoms with Gasteiger partial charge in [-0.3, -0.25) is 4.79 Å². The van der Waals surface area contributed by atoms with E-state index in [0.29, 0.717) is 54.2 Å². The van der Waals surface area contributed by atoms with Crippen molar-refractivity contribution >= 4 is 22.6 Å². The number of carbonyl (C=O) groups excluding carboxylic acids is 1. The van der Waals surface area contributed by atoms with Gasteiger partial charge in [-0.25, -0.2) is 9.97 Å². The van der Waals surface area contributed by atoms with Crippen LogP contribution in [-0.2, 0) is 17.3 Å². The molecule has 0 radical (unpaired) electrons. The number of carbonyl (C=O) groups is 1. The number of aromatic nitrogens is 2. The summed E-state index contributed by atoms with van der Waals surface area (Å²) in [4.78, 5) is 23.6. The van der Waals surface area contributed by atoms with Gasteiger partial charge in [0.25, 0.3) is 5.91 Å². The number of alkyl halides is 3. The fourth-order valence-corrected chi connectivity index (χ4v) is 4.14. The zero-order valence-electron chi connectivity index (χ0n) is 16.9. The highest BCUT2D eigenvalue weighted by atomic mass is 19.4. The van der Waals surface area contributed by atoms with Crippen molar-refractivity contribution in [3.05, 3.63) is 58.9 Å². The highest BCUT2D eigenvalue weighted by Crippen LogP contribution is 2.37. The largest absolute Gasteiger partial charge is 0.492 e. The van der Waals surface area contributed by atoms with Gasteiger partial charge in [0.15, 0.2) is 0 Å². The summed E-state index contributed by atoms with van der Waals surface area (Å²) in [6, 6.07) is 5.89. The van der Waals surface area contributed by atoms with Crippen LogP contribution in [0.25, 0.3) is 10.9 Å². The van der Waals surface area contributed by atoms with Crippen LogP contribution in [0.2, 0.25) is 0 Å². The lowest BCUT2D eigenvalue weighted by molar-refractivity contribution is -0.137. The maximum Gasteiger partial charge on any atom is 0.416 e. The van der Waals surface area contributed by atoms with Crippen LogP contribution < -0.4 is 10.5 Å². The summed E-state index contributed by atoms with van der Waals surface area (Å²) >= 11 is 0. The molecule has 2 aliphatic heterocycles. The molecule has 32 heavy (non-hydrogen) atoms. The van der Waals surface area contributed by atoms with Gasteiger partial charge in [0.1, 0.15) is 17.3 Å². The van der Waals surface area contributed by atoms with E-state index < -0.39 is 17.8 Å². The van der Waals surface area contributed by atoms with Crippen LogP contribution in [0.5, 0.6) is 5.75 Å². The number of nitrogens with zero attached hydrogens (tertiary/aromatic N) is 3. The van der Waals surface area contributed by atoms with Gasteiger partial charge in [-0.05, 0) is 23.8 Å². The Balaban J connectivity index is 1.48. The number of fused-ring (bicyclic) bond motifs is 3. The number of ether oxygens (including phenoxy) is 2. The Hall–Kier alpha value is -3.40. The molecule has 7 nitrogen and oxygen atoms in total. The summed E-state index contributed by atoms with van der Waals surface area (Å²) in [7, 11) is 0. The third-order valence-electron chi connectivity index (χ3n) is 5.78. The number of amides is 1. The van der Waals surface area contributed by atoms with Crippen molar-refractivity contribution in [2.24, 2.45) is 0 Å². The van der Waals surface area contributed by atoms with E-state index in [4.69, 9.17) is 15.2 Å². The minimum absolute atomic E-state index is 0.182. The molecular weight excluding hydrogens is 425 g/mol. The Morgan fingerprint density at radius 2 is 1.97 bits per heavy atom. The number of pyridine rings is 2. The Morgan fingerprint density at radius 1 is 1.19 bits per heavy atom. The van der Waals surface area contributed by atoms with Crippen LogP contribution in [0.4, 0.5) is 19.0 Å². The molecule has 0 aliphatic carbocycles. The van der Waals surface area contributed by atoms with Gasteiger partial charge in [-0.15, -0.1) is 0 Å². The molecule has 2 N–H and O–H groups in total. The van der Waals surface area contributed by atoms with Crippen LogP contribution in [0.3, 0.4) is 0 Å². The van der Waals surface area contributed by atoms with E-state index in [-0.39, 0.29) is 18.2 Å². The van der Waals surface area contributed by atoms with Crippen molar-refractivity contribution in [3.63, 3.8) is 0 Å². The average molecular weight is 444 g/mol. The predicted molar refractivity (Wildman–Crippen MR) is 109 cm³/mol. The number of nitrogen functional groups attached to an aromatic ring is 1. The second kappa shape index (κ2) is 7.63. The van der Waals surface area contributed by atoms with Gasteiger partial charge >= 0.3 is 6.18 Å². The predicted octanol–water partition coefficient (Wildman–Crippen LogP) is 3.38. The lowest BCUT2D eigenvalue weighted by atomic mass is 10.0. The highest BCUT2D eigenvalue weighted by molar-refractivity contribution is 5.98. The van der Waals surface area contributed by atoms with Crippen molar-refractivity contribution in [3.8, 4) is 5.75 Å². The molecule has 10 heteroatoms. The Bertz CT molecular complexity index is 1200. The second-order valence-corrected chi connectivity index (χ2v) is 7.70. The smallest absolute Gasteiger partial charge is 0.416 e. The van der Waals surface area contributed by atoms with E-state index in [1.165, 1.54) is 18.3 Å². The van der Waals surface area contributed by atoms with Gasteiger partial charge in [-0.1, -0.05) is 12.1 Å². The molecule has 1 aromatic carbocycles. The number of benzene rings is 1. The normalized spacial score (nSPS) is 18.5. The summed E-state index contributed by atoms with van der Waals surface area (Å²) < 4.78 is 50.0. The molecule has 3 aromatic rings. The Kier molecular flexibility index (Phi) is 4.89. The first-order chi connectivity index (χ1) is 15.3. The Labute approximate surface area is 181 Å². The van der Waals surface area contributed by atoms with Gasteiger partial charge in [-0.2, -0.15) is 13.2 Å². The van der Waals surface area contributed by atoms with Crippen LogP contribution in [-0.4, -0.2) is 47.1 Å². The van der Waals surface area contributed by atoms with E-state index in [9.17, 15) is 18.0 Å². The summed E-state index contributed by atoms with van der Waals surface area (Å²) in [6.45, 7) is 1.29. The van der Waals surface area contributed by atoms with Gasteiger partial charge < -0.3 is 20.1 Å². The molecular formula is C22H19F3N4O3. The molecule has 0 saturated carbocycles. The monoisotopic (exact) mass is 444 g/mol. The lowest BCUT2D eigenvalue weighted by Gasteiger charge is -2.35. The van der Waals surface area contributed by atoms with E-state index in [0.717, 1.165) is 17.7 Å². The van der Waals surface area contributed by atoms with Crippen LogP contribution in [0, 0.1) is 0 Å². The summed E-state index contributed by atoms with van der Waals surface area (Å²) in [6.07, 6.45) is -2.30. The quantitative estimate of drug-likeness (QED) is 0.652. The molecule has 0 spiro atoms. The molecule has 1 amide bonds. The van der Waals surface area contributed by atoms with Crippen LogP contribution >= 0.6 is 0 Å². The number of hydrogen-bond acceptors (Lipinski definition) is 6. The van der Waals surface area contributed by atoms with Crippen molar-refractivity contribution in [1.29, 1.82) is 0 Å². The first kappa shape index (κ1) is 20.5. The minimum Gasteiger partial charge on any atom is -0.492 e. The number of nitrogens with two attached hydrogens (primary N) is 1. The molecule has 5 rings (SSSR count). The van der Waals surface area contributed by atoms with E-state index >= 15 is 0 Å². The maximum atomic E-state index is 13.4. The molecule has 0 bridgehead atoms. The zero-order chi connectivity index (χ0) is 22.5. The minimum atomic E-state index is -4.42. The van der Waals surface area contributed by atoms with Crippen molar-refractivity contribution in [2.75, 3.05) is 32.1 Å². The SMILES string of the molecule is Nc1nc2cnc(C(=O)N3CCOC[C@@H]3c3ccc(C(F)(F)F)cc3)cc2c2c1CCO2. The molecule has 0 unspecified atom stereocenters. The van der Waals surface area contributed by atoms with Gasteiger partial charge in [0.05, 0.1) is 43.1 Å². The molecule has 2 aromatic heterocycles. The fourth-order valence-electron chi connectivity index (χ4n) is 4.14. The molecule has 4 heterocycles. The maximum absolute atomic E-state index is 13.4. The number of hydrogen-bond donors (Lipinski definition) is 1. The topological polar surface area (TPSA) is 90.6 Å². The third-order valence-corrected chi connectivity index (χ3v) is 5.78. The first-order valence-corrected chi connectivity index (χ1v) is 10.1. The first-order valence-electron chi connectivity index (χ1n) is 10.1. The van der Waals surface area contributed by atoms with Crippen molar-refractivity contribution in [1.82, 2.24) is 14.9 Å². The number of anilines is 1. The summed E-state index contributed by atoms with van der Waals surface area (Å²) in [5.74, 6) is 0.662. The molecule has 2 aliphatic rings. The number of rotatable bonds is 2. The van der Waals surface area contributed by atoms with Crippen LogP contribution in [0.15, 0.2) is 36.5 Å². The van der Waals surface area contributed by atoms with Crippen LogP contribution in [0.1, 0.15) is 33.2 Å². The zero-order valence-corrected chi connectivity index (χ0v) is 16.9. The lowest BCUT2D eigenvalue weighted by Crippen LogP contribution is -2.43. The number of morpholine rings is 1. The fraction of sp³-hybridized carbons (Fsp3) is 0.318. The highest BCUT2D eigenvalue weighted by Gasteiger charge is 2.33. The number of halogens is 3. The standard InChI is InChI=1S/C22H19F3N4O3/c23-22(24,25)13-3-1-12(2-4-13)18-11-31-8-6-29(18)21(30)16-9-15-17(10-27-16)28-20(26)14-5-7-32-19(14)15/h1-4,9-10,18H,5-8,11H2,(H2,26,28)/t18-/m1/s1. The summed E-state index contributed by atoms with van der Waals surface area (Å²) in [5.41, 5.74) is 7.35. The Morgan fingerprint density at radius 3 is 2.72 bits per heavy atom. The van der Waals surface area contributed by atoms with E-state index in [1.807, 2.05) is 0 Å².